The van der Waals surface area contributed by atoms with Crippen molar-refractivity contribution in [1.82, 2.24) is 20.0 Å². The van der Waals surface area contributed by atoms with Crippen LogP contribution in [0.15, 0.2) is 42.5 Å². The van der Waals surface area contributed by atoms with Crippen molar-refractivity contribution in [2.75, 3.05) is 80.7 Å². The maximum atomic E-state index is 16.3. The summed E-state index contributed by atoms with van der Waals surface area (Å²) >= 11 is 0. The van der Waals surface area contributed by atoms with Crippen LogP contribution in [-0.2, 0) is 20.9 Å². The number of imide groups is 1. The van der Waals surface area contributed by atoms with Crippen LogP contribution in [0.4, 0.5) is 30.2 Å². The number of aromatic hydroxyl groups is 1. The lowest BCUT2D eigenvalue weighted by molar-refractivity contribution is -0.140. The second-order valence-electron chi connectivity index (χ2n) is 19.0. The fourth-order valence-corrected chi connectivity index (χ4v) is 12.0. The zero-order valence-electron chi connectivity index (χ0n) is 36.3. The third kappa shape index (κ3) is 7.43. The first-order chi connectivity index (χ1) is 30.9. The third-order valence-corrected chi connectivity index (χ3v) is 15.5. The van der Waals surface area contributed by atoms with E-state index >= 15 is 4.39 Å². The van der Waals surface area contributed by atoms with Gasteiger partial charge in [0.25, 0.3) is 5.91 Å². The van der Waals surface area contributed by atoms with E-state index < -0.39 is 46.6 Å². The summed E-state index contributed by atoms with van der Waals surface area (Å²) in [6.07, 6.45) is 7.27. The minimum Gasteiger partial charge on any atom is -0.503 e. The fourth-order valence-electron chi connectivity index (χ4n) is 12.0. The van der Waals surface area contributed by atoms with Crippen LogP contribution in [0.3, 0.4) is 0 Å². The predicted molar refractivity (Wildman–Crippen MR) is 233 cm³/mol. The number of piperidine rings is 3. The van der Waals surface area contributed by atoms with Gasteiger partial charge in [-0.3, -0.25) is 34.3 Å². The highest BCUT2D eigenvalue weighted by molar-refractivity contribution is 6.08. The average molecular weight is 884 g/mol. The minimum atomic E-state index is -1.17. The van der Waals surface area contributed by atoms with E-state index in [1.807, 2.05) is 12.1 Å². The zero-order chi connectivity index (χ0) is 44.4. The van der Waals surface area contributed by atoms with Crippen LogP contribution in [0.2, 0.25) is 0 Å². The van der Waals surface area contributed by atoms with Crippen LogP contribution >= 0.6 is 0 Å². The van der Waals surface area contributed by atoms with E-state index in [0.717, 1.165) is 102 Å². The number of fused-ring (bicyclic) bond motifs is 1. The number of rotatable bonds is 9. The number of halogens is 3. The lowest BCUT2D eigenvalue weighted by Crippen LogP contribution is -2.62. The molecule has 10 rings (SSSR count). The Balaban J connectivity index is 0.711. The maximum Gasteiger partial charge on any atom is 0.255 e. The van der Waals surface area contributed by atoms with Crippen LogP contribution in [0.1, 0.15) is 91.7 Å². The molecule has 64 heavy (non-hydrogen) atoms. The highest BCUT2D eigenvalue weighted by Gasteiger charge is 2.63. The van der Waals surface area contributed by atoms with Gasteiger partial charge in [0.15, 0.2) is 11.6 Å². The number of β-lactam (4-membered cyclic amide) rings is 1. The van der Waals surface area contributed by atoms with Crippen LogP contribution in [0.5, 0.6) is 11.5 Å². The number of phenolic OH excluding ortho intramolecular Hbond substituents is 1. The molecule has 13 nitrogen and oxygen atoms in total. The lowest BCUT2D eigenvalue weighted by Gasteiger charge is -2.55. The number of nitrogens with one attached hydrogen (secondary N) is 1. The van der Waals surface area contributed by atoms with Gasteiger partial charge >= 0.3 is 0 Å². The molecule has 0 aromatic heterocycles. The third-order valence-electron chi connectivity index (χ3n) is 15.5. The molecule has 6 aliphatic heterocycles. The van der Waals surface area contributed by atoms with Crippen molar-refractivity contribution in [2.45, 2.75) is 88.9 Å². The molecule has 5 saturated heterocycles. The van der Waals surface area contributed by atoms with Crippen LogP contribution in [0, 0.1) is 28.8 Å². The standard InChI is InChI=1S/C48H56F3N7O6/c1-64-41-26-39(36(50)25-35(41)44-48(12-2-3-13-48)47(63)58(44)40-24-31(49)23-37(51)43(40)60)56-14-8-29(9-15-56)27-53-18-20-55(21-19-53)32-10-16-54(17-11-32)33-4-5-34-30(22-33)28-57(46(34)62)38-6-7-42(59)52-45(38)61/h4-5,22-26,29,32,38,44,60H,2-3,6-21,27-28H2,1H3,(H,52,59,61)/t38-,44-/m0/s1. The number of carbonyl (C=O) groups excluding carboxylic acids is 4. The van der Waals surface area contributed by atoms with Crippen molar-refractivity contribution in [3.05, 3.63) is 76.6 Å². The summed E-state index contributed by atoms with van der Waals surface area (Å²) in [5.41, 5.74) is 2.39. The minimum absolute atomic E-state index is 0.151. The smallest absolute Gasteiger partial charge is 0.255 e. The number of hydrogen-bond acceptors (Lipinski definition) is 10. The van der Waals surface area contributed by atoms with Gasteiger partial charge in [0.2, 0.25) is 17.7 Å². The molecule has 1 spiro atoms. The first-order valence-electron chi connectivity index (χ1n) is 23.1. The molecule has 3 aromatic carbocycles. The van der Waals surface area contributed by atoms with Gasteiger partial charge in [-0.1, -0.05) is 12.8 Å². The largest absolute Gasteiger partial charge is 0.503 e. The average Bonchev–Trinajstić information content (AvgIpc) is 3.94. The van der Waals surface area contributed by atoms with Gasteiger partial charge in [0.05, 0.1) is 29.9 Å². The number of carbonyl (C=O) groups is 4. The number of anilines is 3. The normalized spacial score (nSPS) is 24.8. The molecule has 0 unspecified atom stereocenters. The number of methoxy groups -OCH3 is 1. The first-order valence-corrected chi connectivity index (χ1v) is 23.1. The zero-order valence-corrected chi connectivity index (χ0v) is 36.3. The molecule has 2 N–H and O–H groups in total. The molecule has 6 heterocycles. The number of hydrogen-bond donors (Lipinski definition) is 2. The Hall–Kier alpha value is -5.35. The van der Waals surface area contributed by atoms with Gasteiger partial charge in [-0.05, 0) is 80.7 Å². The molecule has 4 amide bonds. The van der Waals surface area contributed by atoms with Crippen molar-refractivity contribution in [3.63, 3.8) is 0 Å². The second kappa shape index (κ2) is 16.9. The maximum absolute atomic E-state index is 16.3. The van der Waals surface area contributed by atoms with E-state index in [2.05, 4.69) is 31.0 Å². The summed E-state index contributed by atoms with van der Waals surface area (Å²) in [6.45, 7) is 8.70. The molecular weight excluding hydrogens is 828 g/mol. The topological polar surface area (TPSA) is 129 Å². The Morgan fingerprint density at radius 1 is 0.797 bits per heavy atom. The van der Waals surface area contributed by atoms with Gasteiger partial charge in [-0.2, -0.15) is 0 Å². The van der Waals surface area contributed by atoms with Crippen molar-refractivity contribution < 1.29 is 42.2 Å². The number of phenols is 1. The van der Waals surface area contributed by atoms with Crippen molar-refractivity contribution >= 4 is 40.7 Å². The molecule has 6 fully saturated rings. The van der Waals surface area contributed by atoms with Gasteiger partial charge < -0.3 is 29.4 Å². The summed E-state index contributed by atoms with van der Waals surface area (Å²) in [5, 5.41) is 13.0. The summed E-state index contributed by atoms with van der Waals surface area (Å²) in [7, 11) is 1.50. The van der Waals surface area contributed by atoms with E-state index in [-0.39, 0.29) is 29.8 Å². The Labute approximate surface area is 371 Å². The highest BCUT2D eigenvalue weighted by Crippen LogP contribution is 2.63. The van der Waals surface area contributed by atoms with E-state index in [4.69, 9.17) is 4.74 Å². The molecule has 0 radical (unpaired) electrons. The van der Waals surface area contributed by atoms with E-state index in [1.54, 1.807) is 11.0 Å². The van der Waals surface area contributed by atoms with Gasteiger partial charge in [-0.15, -0.1) is 0 Å². The summed E-state index contributed by atoms with van der Waals surface area (Å²) in [5.74, 6) is -3.63. The van der Waals surface area contributed by atoms with Crippen LogP contribution in [-0.4, -0.2) is 122 Å². The predicted octanol–water partition coefficient (Wildman–Crippen LogP) is 5.73. The monoisotopic (exact) mass is 883 g/mol. The lowest BCUT2D eigenvalue weighted by atomic mass is 9.66. The first kappa shape index (κ1) is 42.6. The SMILES string of the molecule is COc1cc(N2CCC(CN3CCN(C4CCN(c5ccc6c(c5)CN([C@H]5CCC(=O)NC5=O)C6=O)CC4)CC3)CC2)c(F)cc1[C@@H]1N(c2cc(F)cc(F)c2O)C(=O)C12CCCC2. The van der Waals surface area contributed by atoms with Gasteiger partial charge in [-0.25, -0.2) is 13.2 Å². The number of benzene rings is 3. The summed E-state index contributed by atoms with van der Waals surface area (Å²) in [4.78, 5) is 63.6. The van der Waals surface area contributed by atoms with Crippen molar-refractivity contribution in [3.8, 4) is 11.5 Å². The van der Waals surface area contributed by atoms with Crippen LogP contribution in [0.25, 0.3) is 0 Å². The molecular formula is C48H56F3N7O6. The van der Waals surface area contributed by atoms with E-state index in [9.17, 15) is 33.1 Å². The van der Waals surface area contributed by atoms with Crippen molar-refractivity contribution in [2.24, 2.45) is 11.3 Å². The summed E-state index contributed by atoms with van der Waals surface area (Å²) < 4.78 is 51.0. The fraction of sp³-hybridized carbons (Fsp3) is 0.542. The van der Waals surface area contributed by atoms with Crippen molar-refractivity contribution in [1.29, 1.82) is 0 Å². The Morgan fingerprint density at radius 2 is 1.52 bits per heavy atom. The van der Waals surface area contributed by atoms with Crippen LogP contribution < -0.4 is 24.8 Å². The molecule has 3 aromatic rings. The van der Waals surface area contributed by atoms with E-state index in [0.29, 0.717) is 79.5 Å². The Morgan fingerprint density at radius 3 is 2.22 bits per heavy atom. The Bertz CT molecular complexity index is 2350. The molecule has 340 valence electrons. The van der Waals surface area contributed by atoms with Gasteiger partial charge in [0, 0.05) is 113 Å². The molecule has 1 aliphatic carbocycles. The molecule has 0 bridgehead atoms. The highest BCUT2D eigenvalue weighted by atomic mass is 19.1. The number of nitrogens with zero attached hydrogens (tertiary/aromatic N) is 6. The second-order valence-corrected chi connectivity index (χ2v) is 19.0. The molecule has 7 aliphatic rings. The quantitative estimate of drug-likeness (QED) is 0.203. The molecule has 2 atom stereocenters. The number of ether oxygens (including phenoxy) is 1. The number of piperazine rings is 1. The molecule has 16 heteroatoms. The molecule has 1 saturated carbocycles. The number of amides is 4. The van der Waals surface area contributed by atoms with Gasteiger partial charge in [0.1, 0.15) is 23.4 Å². The Kier molecular flexibility index (Phi) is 11.2. The summed E-state index contributed by atoms with van der Waals surface area (Å²) in [6, 6.07) is 9.78. The van der Waals surface area contributed by atoms with E-state index in [1.165, 1.54) is 18.1 Å².